The van der Waals surface area contributed by atoms with Crippen molar-refractivity contribution in [2.24, 2.45) is 5.92 Å². The molecule has 0 saturated carbocycles. The normalized spacial score (nSPS) is 16.8. The van der Waals surface area contributed by atoms with Gasteiger partial charge in [-0.25, -0.2) is 0 Å². The van der Waals surface area contributed by atoms with Gasteiger partial charge >= 0.3 is 0 Å². The summed E-state index contributed by atoms with van der Waals surface area (Å²) in [6.45, 7) is 7.55. The van der Waals surface area contributed by atoms with Crippen LogP contribution in [0.15, 0.2) is 36.4 Å². The monoisotopic (exact) mass is 455 g/mol. The van der Waals surface area contributed by atoms with E-state index in [9.17, 15) is 14.9 Å². The Morgan fingerprint density at radius 2 is 1.76 bits per heavy atom. The zero-order chi connectivity index (χ0) is 23.4. The molecule has 0 spiro atoms. The molecule has 1 amide bonds. The smallest absolute Gasteiger partial charge is 0.270 e. The molecule has 33 heavy (non-hydrogen) atoms. The summed E-state index contributed by atoms with van der Waals surface area (Å²) >= 11 is 0. The Morgan fingerprint density at radius 3 is 2.45 bits per heavy atom. The molecule has 0 bridgehead atoms. The molecule has 0 aliphatic carbocycles. The quantitative estimate of drug-likeness (QED) is 0.523. The van der Waals surface area contributed by atoms with Crippen LogP contribution in [-0.4, -0.2) is 50.3 Å². The van der Waals surface area contributed by atoms with Gasteiger partial charge in [0.2, 0.25) is 0 Å². The van der Waals surface area contributed by atoms with Crippen LogP contribution in [0.4, 0.5) is 11.4 Å². The van der Waals surface area contributed by atoms with Gasteiger partial charge in [0.15, 0.2) is 11.5 Å². The number of morpholine rings is 1. The zero-order valence-corrected chi connectivity index (χ0v) is 18.9. The molecule has 2 heterocycles. The Morgan fingerprint density at radius 1 is 1.03 bits per heavy atom. The fourth-order valence-corrected chi connectivity index (χ4v) is 4.13. The average Bonchev–Trinajstić information content (AvgIpc) is 3.07. The average molecular weight is 456 g/mol. The fourth-order valence-electron chi connectivity index (χ4n) is 4.13. The number of hydrogen-bond donors (Lipinski definition) is 1. The number of nitro groups is 1. The maximum Gasteiger partial charge on any atom is 0.270 e. The number of anilines is 1. The summed E-state index contributed by atoms with van der Waals surface area (Å²) in [5.74, 6) is 1.07. The Bertz CT molecular complexity index is 1020. The molecule has 9 heteroatoms. The molecule has 1 saturated heterocycles. The van der Waals surface area contributed by atoms with E-state index in [2.05, 4.69) is 5.32 Å². The van der Waals surface area contributed by atoms with Crippen molar-refractivity contribution < 1.29 is 23.9 Å². The second-order valence-corrected chi connectivity index (χ2v) is 8.51. The van der Waals surface area contributed by atoms with Gasteiger partial charge in [-0.2, -0.15) is 0 Å². The highest BCUT2D eigenvalue weighted by Gasteiger charge is 2.26. The first-order valence-electron chi connectivity index (χ1n) is 11.3. The van der Waals surface area contributed by atoms with E-state index in [4.69, 9.17) is 14.2 Å². The van der Waals surface area contributed by atoms with Crippen molar-refractivity contribution in [3.05, 3.63) is 57.6 Å². The third kappa shape index (κ3) is 5.19. The van der Waals surface area contributed by atoms with Crippen molar-refractivity contribution in [2.75, 3.05) is 44.4 Å². The van der Waals surface area contributed by atoms with Gasteiger partial charge in [0, 0.05) is 31.6 Å². The molecular formula is C24H29N3O6. The molecule has 176 valence electrons. The van der Waals surface area contributed by atoms with E-state index in [1.807, 2.05) is 36.9 Å². The van der Waals surface area contributed by atoms with Crippen molar-refractivity contribution in [2.45, 2.75) is 26.3 Å². The Balaban J connectivity index is 1.64. The highest BCUT2D eigenvalue weighted by atomic mass is 16.6. The van der Waals surface area contributed by atoms with Gasteiger partial charge in [-0.05, 0) is 29.7 Å². The number of non-ortho nitro benzene ring substituents is 1. The molecule has 2 aliphatic rings. The topological polar surface area (TPSA) is 103 Å². The number of nitro benzene ring substituents is 1. The number of carbonyl (C=O) groups excluding carboxylic acids is 1. The number of fused-ring (bicyclic) bond motifs is 1. The maximum atomic E-state index is 13.5. The predicted octanol–water partition coefficient (Wildman–Crippen LogP) is 3.72. The molecule has 0 aromatic heterocycles. The van der Waals surface area contributed by atoms with Gasteiger partial charge in [-0.1, -0.05) is 19.9 Å². The molecule has 2 aliphatic heterocycles. The van der Waals surface area contributed by atoms with Crippen LogP contribution in [-0.2, 0) is 4.74 Å². The second-order valence-electron chi connectivity index (χ2n) is 8.51. The standard InChI is InChI=1S/C24H29N3O6/c1-16(2)23(17-4-7-21-22(14-17)33-11-3-10-32-21)25-24(28)19-15-18(27(29)30)5-6-20(19)26-8-12-31-13-9-26/h4-7,14-16,23H,3,8-13H2,1-2H3,(H,25,28). The van der Waals surface area contributed by atoms with E-state index in [1.54, 1.807) is 6.07 Å². The van der Waals surface area contributed by atoms with Crippen LogP contribution in [0.5, 0.6) is 11.5 Å². The number of nitrogens with one attached hydrogen (secondary N) is 1. The number of nitrogens with zero attached hydrogens (tertiary/aromatic N) is 2. The fraction of sp³-hybridized carbons (Fsp3) is 0.458. The molecule has 1 fully saturated rings. The third-order valence-corrected chi connectivity index (χ3v) is 5.87. The highest BCUT2D eigenvalue weighted by Crippen LogP contribution is 2.35. The number of ether oxygens (including phenoxy) is 3. The summed E-state index contributed by atoms with van der Waals surface area (Å²) in [6, 6.07) is 9.82. The largest absolute Gasteiger partial charge is 0.490 e. The Kier molecular flexibility index (Phi) is 6.98. The lowest BCUT2D eigenvalue weighted by Crippen LogP contribution is -2.38. The van der Waals surface area contributed by atoms with Gasteiger partial charge in [-0.3, -0.25) is 14.9 Å². The molecule has 1 N–H and O–H groups in total. The predicted molar refractivity (Wildman–Crippen MR) is 123 cm³/mol. The summed E-state index contributed by atoms with van der Waals surface area (Å²) in [5, 5.41) is 14.5. The van der Waals surface area contributed by atoms with Crippen LogP contribution in [0.2, 0.25) is 0 Å². The molecule has 2 aromatic carbocycles. The number of amides is 1. The Labute approximate surface area is 192 Å². The van der Waals surface area contributed by atoms with Crippen molar-refractivity contribution in [3.63, 3.8) is 0 Å². The lowest BCUT2D eigenvalue weighted by atomic mass is 9.95. The van der Waals surface area contributed by atoms with Gasteiger partial charge in [-0.15, -0.1) is 0 Å². The van der Waals surface area contributed by atoms with E-state index >= 15 is 0 Å². The van der Waals surface area contributed by atoms with Gasteiger partial charge < -0.3 is 24.4 Å². The van der Waals surface area contributed by atoms with E-state index < -0.39 is 4.92 Å². The van der Waals surface area contributed by atoms with Gasteiger partial charge in [0.05, 0.1) is 48.6 Å². The maximum absolute atomic E-state index is 13.5. The van der Waals surface area contributed by atoms with Gasteiger partial charge in [0.1, 0.15) is 0 Å². The van der Waals surface area contributed by atoms with Crippen molar-refractivity contribution >= 4 is 17.3 Å². The summed E-state index contributed by atoms with van der Waals surface area (Å²) in [5.41, 5.74) is 1.73. The molecule has 4 rings (SSSR count). The highest BCUT2D eigenvalue weighted by molar-refractivity contribution is 6.00. The van der Waals surface area contributed by atoms with Crippen LogP contribution in [0.1, 0.15) is 42.2 Å². The number of rotatable bonds is 6. The van der Waals surface area contributed by atoms with E-state index in [1.165, 1.54) is 12.1 Å². The third-order valence-electron chi connectivity index (χ3n) is 5.87. The summed E-state index contributed by atoms with van der Waals surface area (Å²) in [4.78, 5) is 26.4. The Hall–Kier alpha value is -3.33. The van der Waals surface area contributed by atoms with Crippen LogP contribution in [0.25, 0.3) is 0 Å². The first-order valence-corrected chi connectivity index (χ1v) is 11.3. The molecular weight excluding hydrogens is 426 g/mol. The van der Waals surface area contributed by atoms with Crippen LogP contribution in [0.3, 0.4) is 0 Å². The van der Waals surface area contributed by atoms with Crippen molar-refractivity contribution in [3.8, 4) is 11.5 Å². The van der Waals surface area contributed by atoms with E-state index in [0.717, 1.165) is 12.0 Å². The molecule has 1 unspecified atom stereocenters. The van der Waals surface area contributed by atoms with E-state index in [-0.39, 0.29) is 29.1 Å². The molecule has 1 atom stereocenters. The molecule has 0 radical (unpaired) electrons. The summed E-state index contributed by atoms with van der Waals surface area (Å²) in [6.07, 6.45) is 0.811. The number of benzene rings is 2. The van der Waals surface area contributed by atoms with Crippen molar-refractivity contribution in [1.29, 1.82) is 0 Å². The number of hydrogen-bond acceptors (Lipinski definition) is 7. The van der Waals surface area contributed by atoms with Crippen LogP contribution >= 0.6 is 0 Å². The first kappa shape index (κ1) is 22.8. The summed E-state index contributed by atoms with van der Waals surface area (Å²) in [7, 11) is 0. The lowest BCUT2D eigenvalue weighted by molar-refractivity contribution is -0.384. The lowest BCUT2D eigenvalue weighted by Gasteiger charge is -2.31. The van der Waals surface area contributed by atoms with Crippen LogP contribution < -0.4 is 19.7 Å². The SMILES string of the molecule is CC(C)C(NC(=O)c1cc([N+](=O)[O-])ccc1N1CCOCC1)c1ccc2c(c1)OCCCO2. The minimum Gasteiger partial charge on any atom is -0.490 e. The van der Waals surface area contributed by atoms with Crippen LogP contribution in [0, 0.1) is 16.0 Å². The minimum absolute atomic E-state index is 0.0734. The first-order chi connectivity index (χ1) is 15.9. The molecule has 2 aromatic rings. The number of carbonyl (C=O) groups is 1. The second kappa shape index (κ2) is 10.1. The van der Waals surface area contributed by atoms with Gasteiger partial charge in [0.25, 0.3) is 11.6 Å². The van der Waals surface area contributed by atoms with E-state index in [0.29, 0.717) is 56.7 Å². The minimum atomic E-state index is -0.483. The summed E-state index contributed by atoms with van der Waals surface area (Å²) < 4.78 is 17.0. The zero-order valence-electron chi connectivity index (χ0n) is 18.9. The van der Waals surface area contributed by atoms with Crippen molar-refractivity contribution in [1.82, 2.24) is 5.32 Å². The molecule has 9 nitrogen and oxygen atoms in total.